The Kier molecular flexibility index (Phi) is 3.97. The van der Waals surface area contributed by atoms with E-state index in [1.165, 1.54) is 17.4 Å². The van der Waals surface area contributed by atoms with E-state index < -0.39 is 5.97 Å². The molecule has 0 aliphatic rings. The molecule has 0 aliphatic carbocycles. The number of anilines is 1. The van der Waals surface area contributed by atoms with Crippen LogP contribution in [0.25, 0.3) is 0 Å². The zero-order chi connectivity index (χ0) is 13.8. The monoisotopic (exact) mass is 275 g/mol. The second kappa shape index (κ2) is 5.67. The van der Waals surface area contributed by atoms with Crippen LogP contribution in [0.5, 0.6) is 0 Å². The van der Waals surface area contributed by atoms with Crippen molar-refractivity contribution in [3.63, 3.8) is 0 Å². The molecule has 19 heavy (non-hydrogen) atoms. The predicted octanol–water partition coefficient (Wildman–Crippen LogP) is 2.94. The SMILES string of the molecule is Cc1cccc(C(=O)O)c1NC(=O)Cc1cccs1. The van der Waals surface area contributed by atoms with Gasteiger partial charge in [0.25, 0.3) is 0 Å². The van der Waals surface area contributed by atoms with Gasteiger partial charge in [-0.15, -0.1) is 11.3 Å². The van der Waals surface area contributed by atoms with Gasteiger partial charge in [-0.1, -0.05) is 18.2 Å². The fourth-order valence-corrected chi connectivity index (χ4v) is 2.47. The topological polar surface area (TPSA) is 66.4 Å². The molecule has 4 nitrogen and oxygen atoms in total. The number of aryl methyl sites for hydroxylation is 1. The number of carbonyl (C=O) groups is 2. The lowest BCUT2D eigenvalue weighted by atomic mass is 10.1. The third-order valence-electron chi connectivity index (χ3n) is 2.68. The van der Waals surface area contributed by atoms with Gasteiger partial charge in [0.2, 0.25) is 5.91 Å². The number of benzene rings is 1. The molecule has 0 aliphatic heterocycles. The van der Waals surface area contributed by atoms with E-state index in [1.807, 2.05) is 17.5 Å². The first-order chi connectivity index (χ1) is 9.08. The van der Waals surface area contributed by atoms with Crippen molar-refractivity contribution >= 4 is 28.9 Å². The van der Waals surface area contributed by atoms with Crippen molar-refractivity contribution in [3.05, 3.63) is 51.7 Å². The highest BCUT2D eigenvalue weighted by Gasteiger charge is 2.14. The molecule has 1 heterocycles. The summed E-state index contributed by atoms with van der Waals surface area (Å²) in [5.74, 6) is -1.26. The number of carboxylic acids is 1. The second-order valence-electron chi connectivity index (χ2n) is 4.11. The molecule has 0 fully saturated rings. The molecule has 1 aromatic heterocycles. The van der Waals surface area contributed by atoms with E-state index in [0.29, 0.717) is 5.69 Å². The molecule has 1 aromatic carbocycles. The van der Waals surface area contributed by atoms with E-state index in [2.05, 4.69) is 5.32 Å². The normalized spacial score (nSPS) is 10.2. The highest BCUT2D eigenvalue weighted by molar-refractivity contribution is 7.10. The summed E-state index contributed by atoms with van der Waals surface area (Å²) in [7, 11) is 0. The highest BCUT2D eigenvalue weighted by Crippen LogP contribution is 2.21. The van der Waals surface area contributed by atoms with Crippen LogP contribution in [-0.4, -0.2) is 17.0 Å². The molecule has 0 spiro atoms. The summed E-state index contributed by atoms with van der Waals surface area (Å²) in [5, 5.41) is 13.7. The zero-order valence-electron chi connectivity index (χ0n) is 10.3. The van der Waals surface area contributed by atoms with Gasteiger partial charge >= 0.3 is 5.97 Å². The summed E-state index contributed by atoms with van der Waals surface area (Å²) in [6, 6.07) is 8.67. The number of hydrogen-bond donors (Lipinski definition) is 2. The average Bonchev–Trinajstić information content (AvgIpc) is 2.84. The molecule has 0 saturated heterocycles. The predicted molar refractivity (Wildman–Crippen MR) is 74.8 cm³/mol. The van der Waals surface area contributed by atoms with Gasteiger partial charge in [0.1, 0.15) is 0 Å². The van der Waals surface area contributed by atoms with Crippen molar-refractivity contribution in [1.82, 2.24) is 0 Å². The fourth-order valence-electron chi connectivity index (χ4n) is 1.77. The van der Waals surface area contributed by atoms with E-state index >= 15 is 0 Å². The number of hydrogen-bond acceptors (Lipinski definition) is 3. The number of carbonyl (C=O) groups excluding carboxylic acids is 1. The molecule has 0 bridgehead atoms. The van der Waals surface area contributed by atoms with Crippen molar-refractivity contribution in [1.29, 1.82) is 0 Å². The number of thiophene rings is 1. The maximum Gasteiger partial charge on any atom is 0.337 e. The lowest BCUT2D eigenvalue weighted by Gasteiger charge is -2.11. The zero-order valence-corrected chi connectivity index (χ0v) is 11.2. The quantitative estimate of drug-likeness (QED) is 0.901. The molecule has 0 radical (unpaired) electrons. The Hall–Kier alpha value is -2.14. The largest absolute Gasteiger partial charge is 0.478 e. The number of carboxylic acid groups (broad SMARTS) is 1. The third-order valence-corrected chi connectivity index (χ3v) is 3.56. The van der Waals surface area contributed by atoms with Crippen LogP contribution in [0.2, 0.25) is 0 Å². The Morgan fingerprint density at radius 3 is 2.68 bits per heavy atom. The smallest absolute Gasteiger partial charge is 0.337 e. The van der Waals surface area contributed by atoms with Gasteiger partial charge in [0.05, 0.1) is 17.7 Å². The average molecular weight is 275 g/mol. The summed E-state index contributed by atoms with van der Waals surface area (Å²) < 4.78 is 0. The first kappa shape index (κ1) is 13.3. The van der Waals surface area contributed by atoms with Gasteiger partial charge in [0, 0.05) is 4.88 Å². The van der Waals surface area contributed by atoms with Gasteiger partial charge < -0.3 is 10.4 Å². The Balaban J connectivity index is 2.19. The van der Waals surface area contributed by atoms with Gasteiger partial charge in [-0.05, 0) is 30.0 Å². The third kappa shape index (κ3) is 3.20. The maximum atomic E-state index is 11.9. The molecule has 1 amide bonds. The Bertz CT molecular complexity index is 605. The minimum absolute atomic E-state index is 0.111. The molecule has 0 atom stereocenters. The minimum Gasteiger partial charge on any atom is -0.478 e. The van der Waals surface area contributed by atoms with Crippen LogP contribution in [0.4, 0.5) is 5.69 Å². The van der Waals surface area contributed by atoms with Gasteiger partial charge in [-0.2, -0.15) is 0 Å². The van der Waals surface area contributed by atoms with Gasteiger partial charge in [-0.3, -0.25) is 4.79 Å². The van der Waals surface area contributed by atoms with Crippen molar-refractivity contribution in [3.8, 4) is 0 Å². The summed E-state index contributed by atoms with van der Waals surface area (Å²) in [4.78, 5) is 24.0. The van der Waals surface area contributed by atoms with E-state index in [-0.39, 0.29) is 17.9 Å². The summed E-state index contributed by atoms with van der Waals surface area (Å²) in [6.07, 6.45) is 0.255. The first-order valence-electron chi connectivity index (χ1n) is 5.73. The molecule has 2 rings (SSSR count). The number of nitrogens with one attached hydrogen (secondary N) is 1. The molecule has 5 heteroatoms. The van der Waals surface area contributed by atoms with Crippen molar-refractivity contribution in [2.24, 2.45) is 0 Å². The molecule has 2 N–H and O–H groups in total. The summed E-state index contributed by atoms with van der Waals surface area (Å²) in [6.45, 7) is 1.77. The van der Waals surface area contributed by atoms with Crippen LogP contribution in [0.3, 0.4) is 0 Å². The first-order valence-corrected chi connectivity index (χ1v) is 6.61. The van der Waals surface area contributed by atoms with E-state index in [1.54, 1.807) is 19.1 Å². The lowest BCUT2D eigenvalue weighted by molar-refractivity contribution is -0.115. The number of amides is 1. The molecular weight excluding hydrogens is 262 g/mol. The summed E-state index contributed by atoms with van der Waals surface area (Å²) in [5.41, 5.74) is 1.22. The molecule has 0 saturated carbocycles. The Labute approximate surface area is 114 Å². The van der Waals surface area contributed by atoms with Crippen LogP contribution in [0.15, 0.2) is 35.7 Å². The van der Waals surface area contributed by atoms with E-state index in [9.17, 15) is 9.59 Å². The molecule has 98 valence electrons. The van der Waals surface area contributed by atoms with Gasteiger partial charge in [-0.25, -0.2) is 4.79 Å². The van der Waals surface area contributed by atoms with Crippen LogP contribution >= 0.6 is 11.3 Å². The number of rotatable bonds is 4. The molecule has 0 unspecified atom stereocenters. The van der Waals surface area contributed by atoms with Crippen LogP contribution < -0.4 is 5.32 Å². The molecular formula is C14H13NO3S. The van der Waals surface area contributed by atoms with Crippen LogP contribution in [0, 0.1) is 6.92 Å². The van der Waals surface area contributed by atoms with Crippen molar-refractivity contribution in [2.45, 2.75) is 13.3 Å². The molecule has 2 aromatic rings. The van der Waals surface area contributed by atoms with Crippen LogP contribution in [0.1, 0.15) is 20.8 Å². The standard InChI is InChI=1S/C14H13NO3S/c1-9-4-2-6-11(14(17)18)13(9)15-12(16)8-10-5-3-7-19-10/h2-7H,8H2,1H3,(H,15,16)(H,17,18). The van der Waals surface area contributed by atoms with Gasteiger partial charge in [0.15, 0.2) is 0 Å². The van der Waals surface area contributed by atoms with Crippen molar-refractivity contribution in [2.75, 3.05) is 5.32 Å². The van der Waals surface area contributed by atoms with Crippen LogP contribution in [-0.2, 0) is 11.2 Å². The lowest BCUT2D eigenvalue weighted by Crippen LogP contribution is -2.17. The fraction of sp³-hybridized carbons (Fsp3) is 0.143. The summed E-state index contributed by atoms with van der Waals surface area (Å²) >= 11 is 1.50. The van der Waals surface area contributed by atoms with E-state index in [0.717, 1.165) is 10.4 Å². The van der Waals surface area contributed by atoms with E-state index in [4.69, 9.17) is 5.11 Å². The number of para-hydroxylation sites is 1. The van der Waals surface area contributed by atoms with Crippen molar-refractivity contribution < 1.29 is 14.7 Å². The Morgan fingerprint density at radius 2 is 2.05 bits per heavy atom. The maximum absolute atomic E-state index is 11.9. The Morgan fingerprint density at radius 1 is 1.26 bits per heavy atom. The highest BCUT2D eigenvalue weighted by atomic mass is 32.1. The second-order valence-corrected chi connectivity index (χ2v) is 5.14. The minimum atomic E-state index is -1.05. The number of aromatic carboxylic acids is 1.